The molecule has 1 aromatic heterocycles. The predicted octanol–water partition coefficient (Wildman–Crippen LogP) is 3.61. The van der Waals surface area contributed by atoms with Crippen LogP contribution >= 0.6 is 11.8 Å². The first-order valence-electron chi connectivity index (χ1n) is 6.64. The third-order valence-electron chi connectivity index (χ3n) is 2.86. The zero-order chi connectivity index (χ0) is 14.4. The van der Waals surface area contributed by atoms with Crippen molar-refractivity contribution < 1.29 is 9.84 Å². The van der Waals surface area contributed by atoms with Crippen LogP contribution in [0.4, 0.5) is 0 Å². The summed E-state index contributed by atoms with van der Waals surface area (Å²) in [4.78, 5) is 5.25. The number of hydrogen-bond acceptors (Lipinski definition) is 4. The average molecular weight is 289 g/mol. The van der Waals surface area contributed by atoms with Crippen molar-refractivity contribution >= 4 is 11.8 Å². The highest BCUT2D eigenvalue weighted by Gasteiger charge is 2.10. The van der Waals surface area contributed by atoms with Gasteiger partial charge in [-0.2, -0.15) is 0 Å². The summed E-state index contributed by atoms with van der Waals surface area (Å²) in [7, 11) is 0. The minimum Gasteiger partial charge on any atom is -0.492 e. The van der Waals surface area contributed by atoms with Gasteiger partial charge in [0.15, 0.2) is 0 Å². The number of benzene rings is 1. The fraction of sp³-hybridized carbons (Fsp3) is 0.312. The lowest BCUT2D eigenvalue weighted by molar-refractivity contribution is 0.203. The van der Waals surface area contributed by atoms with E-state index < -0.39 is 6.10 Å². The van der Waals surface area contributed by atoms with Gasteiger partial charge in [0.1, 0.15) is 5.75 Å². The lowest BCUT2D eigenvalue weighted by Crippen LogP contribution is -2.02. The molecule has 0 aliphatic heterocycles. The summed E-state index contributed by atoms with van der Waals surface area (Å²) in [6, 6.07) is 10.1. The van der Waals surface area contributed by atoms with Crippen molar-refractivity contribution in [1.82, 2.24) is 4.98 Å². The van der Waals surface area contributed by atoms with Crippen molar-refractivity contribution in [2.75, 3.05) is 12.4 Å². The van der Waals surface area contributed by atoms with E-state index in [1.54, 1.807) is 24.2 Å². The number of aromatic nitrogens is 1. The molecule has 0 aliphatic rings. The molecule has 4 heteroatoms. The van der Waals surface area contributed by atoms with Crippen LogP contribution in [0, 0.1) is 6.92 Å². The highest BCUT2D eigenvalue weighted by atomic mass is 32.2. The van der Waals surface area contributed by atoms with Gasteiger partial charge in [-0.15, -0.1) is 11.8 Å². The van der Waals surface area contributed by atoms with E-state index in [1.165, 1.54) is 5.56 Å². The Morgan fingerprint density at radius 2 is 2.00 bits per heavy atom. The monoisotopic (exact) mass is 289 g/mol. The molecule has 0 saturated carbocycles. The average Bonchev–Trinajstić information content (AvgIpc) is 2.47. The number of thioether (sulfide) groups is 1. The SMILES string of the molecule is CCOc1cncc(C(O)CSc2ccc(C)cc2)c1. The van der Waals surface area contributed by atoms with Gasteiger partial charge in [0.05, 0.1) is 18.9 Å². The normalized spacial score (nSPS) is 12.2. The topological polar surface area (TPSA) is 42.4 Å². The largest absolute Gasteiger partial charge is 0.492 e. The van der Waals surface area contributed by atoms with Gasteiger partial charge in [-0.05, 0) is 32.0 Å². The van der Waals surface area contributed by atoms with Gasteiger partial charge in [-0.3, -0.25) is 4.98 Å². The molecule has 0 fully saturated rings. The minimum absolute atomic E-state index is 0.547. The molecule has 0 saturated heterocycles. The van der Waals surface area contributed by atoms with Crippen LogP contribution in [0.1, 0.15) is 24.2 Å². The molecule has 0 radical (unpaired) electrons. The van der Waals surface area contributed by atoms with Crippen LogP contribution in [-0.4, -0.2) is 22.5 Å². The van der Waals surface area contributed by atoms with Crippen molar-refractivity contribution in [3.8, 4) is 5.75 Å². The quantitative estimate of drug-likeness (QED) is 0.825. The van der Waals surface area contributed by atoms with Gasteiger partial charge in [0.2, 0.25) is 0 Å². The number of aliphatic hydroxyl groups is 1. The van der Waals surface area contributed by atoms with Crippen molar-refractivity contribution in [3.05, 3.63) is 53.9 Å². The molecule has 1 N–H and O–H groups in total. The number of hydrogen-bond donors (Lipinski definition) is 1. The van der Waals surface area contributed by atoms with Crippen LogP contribution in [0.3, 0.4) is 0 Å². The number of aliphatic hydroxyl groups excluding tert-OH is 1. The fourth-order valence-electron chi connectivity index (χ4n) is 1.77. The number of nitrogens with zero attached hydrogens (tertiary/aromatic N) is 1. The first-order valence-corrected chi connectivity index (χ1v) is 7.63. The molecule has 0 amide bonds. The van der Waals surface area contributed by atoms with Crippen molar-refractivity contribution in [3.63, 3.8) is 0 Å². The first kappa shape index (κ1) is 14.9. The van der Waals surface area contributed by atoms with E-state index in [2.05, 4.69) is 36.2 Å². The maximum atomic E-state index is 10.2. The second-order valence-electron chi connectivity index (χ2n) is 4.53. The third-order valence-corrected chi connectivity index (χ3v) is 3.95. The summed E-state index contributed by atoms with van der Waals surface area (Å²) < 4.78 is 5.39. The van der Waals surface area contributed by atoms with Crippen LogP contribution in [0.25, 0.3) is 0 Å². The summed E-state index contributed by atoms with van der Waals surface area (Å²) in [6.45, 7) is 4.59. The second-order valence-corrected chi connectivity index (χ2v) is 5.62. The molecular formula is C16H19NO2S. The highest BCUT2D eigenvalue weighted by molar-refractivity contribution is 7.99. The summed E-state index contributed by atoms with van der Waals surface area (Å²) >= 11 is 1.63. The highest BCUT2D eigenvalue weighted by Crippen LogP contribution is 2.26. The Balaban J connectivity index is 1.95. The lowest BCUT2D eigenvalue weighted by atomic mass is 10.2. The van der Waals surface area contributed by atoms with E-state index in [-0.39, 0.29) is 0 Å². The first-order chi connectivity index (χ1) is 9.69. The Morgan fingerprint density at radius 3 is 2.70 bits per heavy atom. The number of aryl methyl sites for hydroxylation is 1. The van der Waals surface area contributed by atoms with E-state index >= 15 is 0 Å². The number of rotatable bonds is 6. The van der Waals surface area contributed by atoms with Gasteiger partial charge in [0, 0.05) is 22.4 Å². The van der Waals surface area contributed by atoms with E-state index in [4.69, 9.17) is 4.74 Å². The molecule has 2 aromatic rings. The van der Waals surface area contributed by atoms with Gasteiger partial charge in [-0.25, -0.2) is 0 Å². The van der Waals surface area contributed by atoms with Crippen LogP contribution in [0.2, 0.25) is 0 Å². The molecule has 3 nitrogen and oxygen atoms in total. The van der Waals surface area contributed by atoms with Crippen LogP contribution in [-0.2, 0) is 0 Å². The molecular weight excluding hydrogens is 270 g/mol. The predicted molar refractivity (Wildman–Crippen MR) is 82.3 cm³/mol. The van der Waals surface area contributed by atoms with Gasteiger partial charge >= 0.3 is 0 Å². The lowest BCUT2D eigenvalue weighted by Gasteiger charge is -2.12. The number of ether oxygens (including phenoxy) is 1. The Morgan fingerprint density at radius 1 is 1.25 bits per heavy atom. The molecule has 1 heterocycles. The Kier molecular flexibility index (Phi) is 5.44. The Labute approximate surface area is 124 Å². The Hall–Kier alpha value is -1.52. The number of pyridine rings is 1. The van der Waals surface area contributed by atoms with Gasteiger partial charge in [-0.1, -0.05) is 17.7 Å². The second kappa shape index (κ2) is 7.31. The third kappa shape index (κ3) is 4.25. The van der Waals surface area contributed by atoms with Crippen molar-refractivity contribution in [1.29, 1.82) is 0 Å². The molecule has 1 aromatic carbocycles. The molecule has 1 atom stereocenters. The zero-order valence-corrected chi connectivity index (χ0v) is 12.6. The molecule has 106 valence electrons. The maximum absolute atomic E-state index is 10.2. The standard InChI is InChI=1S/C16H19NO2S/c1-3-19-14-8-13(9-17-10-14)16(18)11-20-15-6-4-12(2)5-7-15/h4-10,16,18H,3,11H2,1-2H3. The van der Waals surface area contributed by atoms with Crippen LogP contribution < -0.4 is 4.74 Å². The van der Waals surface area contributed by atoms with Crippen molar-refractivity contribution in [2.45, 2.75) is 24.8 Å². The molecule has 0 spiro atoms. The van der Waals surface area contributed by atoms with Crippen LogP contribution in [0.5, 0.6) is 5.75 Å². The van der Waals surface area contributed by atoms with Crippen LogP contribution in [0.15, 0.2) is 47.6 Å². The molecule has 2 rings (SSSR count). The molecule has 0 bridgehead atoms. The fourth-order valence-corrected chi connectivity index (χ4v) is 2.64. The van der Waals surface area contributed by atoms with E-state index in [9.17, 15) is 5.11 Å². The molecule has 20 heavy (non-hydrogen) atoms. The van der Waals surface area contributed by atoms with Gasteiger partial charge < -0.3 is 9.84 Å². The van der Waals surface area contributed by atoms with E-state index in [1.807, 2.05) is 13.0 Å². The minimum atomic E-state index is -0.547. The van der Waals surface area contributed by atoms with Gasteiger partial charge in [0.25, 0.3) is 0 Å². The van der Waals surface area contributed by atoms with E-state index in [0.29, 0.717) is 18.1 Å². The van der Waals surface area contributed by atoms with Crippen molar-refractivity contribution in [2.24, 2.45) is 0 Å². The molecule has 1 unspecified atom stereocenters. The smallest absolute Gasteiger partial charge is 0.137 e. The summed E-state index contributed by atoms with van der Waals surface area (Å²) in [5, 5.41) is 10.2. The molecule has 0 aliphatic carbocycles. The zero-order valence-electron chi connectivity index (χ0n) is 11.7. The Bertz CT molecular complexity index is 542. The van der Waals surface area contributed by atoms with E-state index in [0.717, 1.165) is 10.5 Å². The summed E-state index contributed by atoms with van der Waals surface area (Å²) in [5.41, 5.74) is 2.03. The summed E-state index contributed by atoms with van der Waals surface area (Å²) in [6.07, 6.45) is 2.80. The summed E-state index contributed by atoms with van der Waals surface area (Å²) in [5.74, 6) is 1.30. The maximum Gasteiger partial charge on any atom is 0.137 e.